The van der Waals surface area contributed by atoms with Gasteiger partial charge in [0.2, 0.25) is 0 Å². The Bertz CT molecular complexity index is 781. The lowest BCUT2D eigenvalue weighted by Gasteiger charge is -2.55. The molecule has 2 heterocycles. The highest BCUT2D eigenvalue weighted by Crippen LogP contribution is 2.52. The Morgan fingerprint density at radius 3 is 2.38 bits per heavy atom. The molecule has 8 heteroatoms. The summed E-state index contributed by atoms with van der Waals surface area (Å²) < 4.78 is 5.21. The first kappa shape index (κ1) is 21.2. The molecular formula is C21H31N3O5. The summed E-state index contributed by atoms with van der Waals surface area (Å²) in [6, 6.07) is 5.03. The number of nitro groups is 1. The Balaban J connectivity index is 1.78. The van der Waals surface area contributed by atoms with Gasteiger partial charge in [0.15, 0.2) is 5.75 Å². The quantitative estimate of drug-likeness (QED) is 0.597. The van der Waals surface area contributed by atoms with Crippen molar-refractivity contribution < 1.29 is 19.6 Å². The van der Waals surface area contributed by atoms with Crippen LogP contribution in [0.2, 0.25) is 0 Å². The highest BCUT2D eigenvalue weighted by Gasteiger charge is 2.49. The summed E-state index contributed by atoms with van der Waals surface area (Å²) in [6.07, 6.45) is 2.03. The number of ether oxygens (including phenoxy) is 1. The Morgan fingerprint density at radius 1 is 1.24 bits per heavy atom. The number of amides is 1. The lowest BCUT2D eigenvalue weighted by Crippen LogP contribution is -2.56. The number of likely N-dealkylation sites (tertiary alicyclic amines) is 1. The smallest absolute Gasteiger partial charge is 0.407 e. The molecule has 1 spiro atoms. The molecule has 2 fully saturated rings. The number of hydrogen-bond acceptors (Lipinski definition) is 5. The number of nitro benzene ring substituents is 1. The third kappa shape index (κ3) is 4.11. The highest BCUT2D eigenvalue weighted by atomic mass is 16.6. The van der Waals surface area contributed by atoms with Gasteiger partial charge in [-0.25, -0.2) is 4.79 Å². The minimum atomic E-state index is -0.829. The summed E-state index contributed by atoms with van der Waals surface area (Å²) in [5.74, 6) is 0.573. The molecule has 0 aromatic heterocycles. The zero-order chi connectivity index (χ0) is 21.4. The molecule has 1 unspecified atom stereocenters. The second-order valence-corrected chi connectivity index (χ2v) is 9.36. The fourth-order valence-corrected chi connectivity index (χ4v) is 5.23. The number of carboxylic acid groups (broad SMARTS) is 1. The van der Waals surface area contributed by atoms with Crippen LogP contribution in [0.1, 0.15) is 40.0 Å². The van der Waals surface area contributed by atoms with Crippen molar-refractivity contribution in [3.05, 3.63) is 28.3 Å². The number of benzene rings is 1. The van der Waals surface area contributed by atoms with Gasteiger partial charge in [0.05, 0.1) is 12.0 Å². The van der Waals surface area contributed by atoms with Gasteiger partial charge in [0.25, 0.3) is 0 Å². The monoisotopic (exact) mass is 405 g/mol. The van der Waals surface area contributed by atoms with Crippen molar-refractivity contribution in [2.24, 2.45) is 16.7 Å². The molecule has 2 aliphatic heterocycles. The maximum Gasteiger partial charge on any atom is 0.407 e. The number of piperidine rings is 2. The molecule has 2 aliphatic rings. The van der Waals surface area contributed by atoms with Crippen molar-refractivity contribution in [3.63, 3.8) is 0 Å². The molecule has 3 rings (SSSR count). The molecule has 1 N–H and O–H groups in total. The number of nitrogens with zero attached hydrogens (tertiary/aromatic N) is 3. The van der Waals surface area contributed by atoms with Crippen LogP contribution < -0.4 is 9.64 Å². The lowest BCUT2D eigenvalue weighted by molar-refractivity contribution is -0.385. The summed E-state index contributed by atoms with van der Waals surface area (Å²) in [6.45, 7) is 9.49. The van der Waals surface area contributed by atoms with Crippen molar-refractivity contribution in [1.29, 1.82) is 0 Å². The van der Waals surface area contributed by atoms with Gasteiger partial charge in [-0.3, -0.25) is 10.1 Å². The van der Waals surface area contributed by atoms with Crippen LogP contribution in [0.5, 0.6) is 5.75 Å². The average molecular weight is 405 g/mol. The third-order valence-corrected chi connectivity index (χ3v) is 6.82. The molecule has 8 nitrogen and oxygen atoms in total. The molecule has 0 bridgehead atoms. The summed E-state index contributed by atoms with van der Waals surface area (Å²) in [7, 11) is 1.45. The molecule has 0 saturated carbocycles. The molecule has 0 aliphatic carbocycles. The van der Waals surface area contributed by atoms with E-state index in [-0.39, 0.29) is 22.3 Å². The van der Waals surface area contributed by atoms with Crippen molar-refractivity contribution in [1.82, 2.24) is 4.90 Å². The van der Waals surface area contributed by atoms with Crippen LogP contribution in [-0.2, 0) is 0 Å². The minimum absolute atomic E-state index is 0.0207. The van der Waals surface area contributed by atoms with Crippen molar-refractivity contribution in [2.75, 3.05) is 38.2 Å². The summed E-state index contributed by atoms with van der Waals surface area (Å²) in [4.78, 5) is 26.1. The molecule has 1 atom stereocenters. The predicted molar refractivity (Wildman–Crippen MR) is 111 cm³/mol. The number of rotatable bonds is 3. The molecule has 0 radical (unpaired) electrons. The van der Waals surface area contributed by atoms with E-state index in [9.17, 15) is 20.0 Å². The van der Waals surface area contributed by atoms with E-state index in [4.69, 9.17) is 4.74 Å². The molecule has 1 amide bonds. The standard InChI is InChI=1S/C21H31N3O5/c1-20(2,3)18-14-23(19(25)26)12-9-21(18)7-10-22(11-8-21)15-5-6-16(24(27)28)17(13-15)29-4/h5-6,13,18H,7-12,14H2,1-4H3,(H,25,26). The predicted octanol–water partition coefficient (Wildman–Crippen LogP) is 4.24. The van der Waals surface area contributed by atoms with Gasteiger partial charge in [-0.2, -0.15) is 0 Å². The minimum Gasteiger partial charge on any atom is -0.490 e. The molecule has 2 saturated heterocycles. The maximum atomic E-state index is 11.5. The second kappa shape index (κ2) is 7.72. The van der Waals surface area contributed by atoms with Crippen LogP contribution >= 0.6 is 0 Å². The topological polar surface area (TPSA) is 96.2 Å². The van der Waals surface area contributed by atoms with Gasteiger partial charge < -0.3 is 19.6 Å². The average Bonchev–Trinajstić information content (AvgIpc) is 2.67. The Labute approximate surface area is 171 Å². The van der Waals surface area contributed by atoms with Crippen LogP contribution in [0.15, 0.2) is 18.2 Å². The van der Waals surface area contributed by atoms with Crippen LogP contribution in [0.3, 0.4) is 0 Å². The van der Waals surface area contributed by atoms with Crippen LogP contribution in [-0.4, -0.2) is 54.3 Å². The van der Waals surface area contributed by atoms with Gasteiger partial charge in [0, 0.05) is 44.0 Å². The van der Waals surface area contributed by atoms with E-state index >= 15 is 0 Å². The van der Waals surface area contributed by atoms with E-state index in [0.29, 0.717) is 19.0 Å². The molecule has 1 aromatic rings. The number of methoxy groups -OCH3 is 1. The van der Waals surface area contributed by atoms with Crippen molar-refractivity contribution >= 4 is 17.5 Å². The lowest BCUT2D eigenvalue weighted by atomic mass is 9.57. The normalized spacial score (nSPS) is 21.9. The summed E-state index contributed by atoms with van der Waals surface area (Å²) >= 11 is 0. The third-order valence-electron chi connectivity index (χ3n) is 6.82. The molecule has 160 valence electrons. The number of anilines is 1. The van der Waals surface area contributed by atoms with E-state index in [1.165, 1.54) is 13.2 Å². The van der Waals surface area contributed by atoms with E-state index in [2.05, 4.69) is 25.7 Å². The fraction of sp³-hybridized carbons (Fsp3) is 0.667. The largest absolute Gasteiger partial charge is 0.490 e. The zero-order valence-electron chi connectivity index (χ0n) is 17.7. The van der Waals surface area contributed by atoms with Gasteiger partial charge in [-0.15, -0.1) is 0 Å². The van der Waals surface area contributed by atoms with Crippen LogP contribution in [0.4, 0.5) is 16.2 Å². The molecular weight excluding hydrogens is 374 g/mol. The molecule has 1 aromatic carbocycles. The maximum absolute atomic E-state index is 11.5. The Hall–Kier alpha value is -2.51. The SMILES string of the molecule is COc1cc(N2CCC3(CCN(C(=O)O)CC3C(C)(C)C)CC2)ccc1[N+](=O)[O-]. The van der Waals surface area contributed by atoms with E-state index < -0.39 is 11.0 Å². The van der Waals surface area contributed by atoms with Crippen molar-refractivity contribution in [3.8, 4) is 5.75 Å². The second-order valence-electron chi connectivity index (χ2n) is 9.36. The Morgan fingerprint density at radius 2 is 1.86 bits per heavy atom. The summed E-state index contributed by atoms with van der Waals surface area (Å²) in [5.41, 5.74) is 1.05. The van der Waals surface area contributed by atoms with Gasteiger partial charge >= 0.3 is 11.8 Å². The van der Waals surface area contributed by atoms with Crippen LogP contribution in [0, 0.1) is 26.9 Å². The van der Waals surface area contributed by atoms with Crippen molar-refractivity contribution in [2.45, 2.75) is 40.0 Å². The molecule has 29 heavy (non-hydrogen) atoms. The highest BCUT2D eigenvalue weighted by molar-refractivity contribution is 5.65. The van der Waals surface area contributed by atoms with Crippen LogP contribution in [0.25, 0.3) is 0 Å². The first-order valence-electron chi connectivity index (χ1n) is 10.1. The number of hydrogen-bond donors (Lipinski definition) is 1. The van der Waals surface area contributed by atoms with E-state index in [1.54, 1.807) is 17.0 Å². The van der Waals surface area contributed by atoms with E-state index in [1.807, 2.05) is 0 Å². The van der Waals surface area contributed by atoms with Gasteiger partial charge in [0.1, 0.15) is 0 Å². The fourth-order valence-electron chi connectivity index (χ4n) is 5.23. The van der Waals surface area contributed by atoms with Gasteiger partial charge in [-0.1, -0.05) is 20.8 Å². The Kier molecular flexibility index (Phi) is 5.65. The first-order chi connectivity index (χ1) is 13.6. The van der Waals surface area contributed by atoms with Gasteiger partial charge in [-0.05, 0) is 42.1 Å². The summed E-state index contributed by atoms with van der Waals surface area (Å²) in [5, 5.41) is 20.6. The van der Waals surface area contributed by atoms with E-state index in [0.717, 1.165) is 38.0 Å². The first-order valence-corrected chi connectivity index (χ1v) is 10.1. The number of carbonyl (C=O) groups is 1. The zero-order valence-corrected chi connectivity index (χ0v) is 17.7.